The van der Waals surface area contributed by atoms with E-state index < -0.39 is 35.7 Å². The number of carbonyl (C=O) groups is 2. The minimum absolute atomic E-state index is 0.0257. The average molecular weight is 494 g/mol. The molecule has 0 aromatic heterocycles. The van der Waals surface area contributed by atoms with E-state index in [9.17, 15) is 18.0 Å². The number of esters is 1. The molecule has 1 saturated heterocycles. The van der Waals surface area contributed by atoms with Crippen molar-refractivity contribution in [3.8, 4) is 0 Å². The fourth-order valence-electron chi connectivity index (χ4n) is 3.00. The number of β-lactam (4-membered cyclic amide) rings is 1. The van der Waals surface area contributed by atoms with Crippen LogP contribution in [-0.2, 0) is 33.1 Å². The molecule has 0 N–H and O–H groups in total. The number of hydrogen-bond acceptors (Lipinski definition) is 8. The Hall–Kier alpha value is -1.30. The smallest absolute Gasteiger partial charge is 0.358 e. The van der Waals surface area contributed by atoms with Crippen LogP contribution in [0.5, 0.6) is 0 Å². The standard InChI is InChI=1S/C20H35NO7S2Si/c1-11-12-26-19(23)16(14(3)27-30(8,24)25)21-17(22)15(18(21)29-7)13(2)28-31(9,10)20(4,5)6/h11,13,15,18H,1,12H2,2-10H3/b16-14+/t13-,15+,18-/m1/s1. The number of thioether (sulfide) groups is 1. The number of amides is 1. The van der Waals surface area contributed by atoms with Crippen LogP contribution >= 0.6 is 11.8 Å². The maximum atomic E-state index is 13.2. The maximum Gasteiger partial charge on any atom is 0.358 e. The maximum absolute atomic E-state index is 13.2. The van der Waals surface area contributed by atoms with Crippen molar-refractivity contribution in [3.63, 3.8) is 0 Å². The first kappa shape index (κ1) is 27.7. The summed E-state index contributed by atoms with van der Waals surface area (Å²) in [6.45, 7) is 17.2. The highest BCUT2D eigenvalue weighted by Gasteiger charge is 2.55. The van der Waals surface area contributed by atoms with Crippen LogP contribution in [0.3, 0.4) is 0 Å². The normalized spacial score (nSPS) is 21.7. The van der Waals surface area contributed by atoms with E-state index in [-0.39, 0.29) is 35.1 Å². The summed E-state index contributed by atoms with van der Waals surface area (Å²) in [6, 6.07) is 0. The van der Waals surface area contributed by atoms with Crippen LogP contribution in [0.4, 0.5) is 0 Å². The Morgan fingerprint density at radius 2 is 1.90 bits per heavy atom. The van der Waals surface area contributed by atoms with Gasteiger partial charge in [-0.05, 0) is 38.2 Å². The molecule has 31 heavy (non-hydrogen) atoms. The molecule has 8 nitrogen and oxygen atoms in total. The second-order valence-electron chi connectivity index (χ2n) is 9.02. The van der Waals surface area contributed by atoms with E-state index >= 15 is 0 Å². The molecule has 1 aliphatic rings. The number of carbonyl (C=O) groups excluding carboxylic acids is 2. The van der Waals surface area contributed by atoms with Gasteiger partial charge in [0.2, 0.25) is 5.91 Å². The Kier molecular flexibility index (Phi) is 9.03. The average Bonchev–Trinajstić information content (AvgIpc) is 2.58. The summed E-state index contributed by atoms with van der Waals surface area (Å²) < 4.78 is 39.7. The molecule has 1 aliphatic heterocycles. The van der Waals surface area contributed by atoms with Crippen molar-refractivity contribution in [1.29, 1.82) is 0 Å². The predicted octanol–water partition coefficient (Wildman–Crippen LogP) is 3.48. The molecule has 0 aliphatic carbocycles. The molecule has 3 atom stereocenters. The first-order valence-electron chi connectivity index (χ1n) is 9.90. The van der Waals surface area contributed by atoms with E-state index in [1.165, 1.54) is 29.7 Å². The zero-order chi connectivity index (χ0) is 24.4. The van der Waals surface area contributed by atoms with Crippen molar-refractivity contribution in [3.05, 3.63) is 24.1 Å². The molecular weight excluding hydrogens is 458 g/mol. The lowest BCUT2D eigenvalue weighted by atomic mass is 9.92. The van der Waals surface area contributed by atoms with Gasteiger partial charge in [0.1, 0.15) is 12.4 Å². The van der Waals surface area contributed by atoms with E-state index in [1.807, 2.05) is 13.2 Å². The Labute approximate surface area is 191 Å². The molecule has 0 radical (unpaired) electrons. The van der Waals surface area contributed by atoms with E-state index in [0.29, 0.717) is 0 Å². The van der Waals surface area contributed by atoms with Crippen molar-refractivity contribution in [1.82, 2.24) is 4.90 Å². The Morgan fingerprint density at radius 1 is 1.35 bits per heavy atom. The molecule has 1 fully saturated rings. The van der Waals surface area contributed by atoms with E-state index in [2.05, 4.69) is 40.4 Å². The quantitative estimate of drug-likeness (QED) is 0.0867. The van der Waals surface area contributed by atoms with Gasteiger partial charge in [-0.1, -0.05) is 33.4 Å². The summed E-state index contributed by atoms with van der Waals surface area (Å²) in [6.07, 6.45) is 3.69. The van der Waals surface area contributed by atoms with Gasteiger partial charge in [-0.3, -0.25) is 9.69 Å². The van der Waals surface area contributed by atoms with Crippen molar-refractivity contribution < 1.29 is 31.4 Å². The number of nitrogens with zero attached hydrogens (tertiary/aromatic N) is 1. The van der Waals surface area contributed by atoms with Gasteiger partial charge in [-0.25, -0.2) is 4.79 Å². The molecule has 0 aromatic rings. The Bertz CT molecular complexity index is 846. The van der Waals surface area contributed by atoms with Crippen LogP contribution in [0, 0.1) is 5.92 Å². The lowest BCUT2D eigenvalue weighted by Gasteiger charge is -2.50. The van der Waals surface area contributed by atoms with Crippen molar-refractivity contribution in [2.24, 2.45) is 5.92 Å². The third kappa shape index (κ3) is 6.59. The van der Waals surface area contributed by atoms with Gasteiger partial charge in [-0.2, -0.15) is 8.42 Å². The first-order valence-corrected chi connectivity index (χ1v) is 15.9. The van der Waals surface area contributed by atoms with Crippen molar-refractivity contribution in [2.75, 3.05) is 19.1 Å². The molecule has 0 unspecified atom stereocenters. The lowest BCUT2D eigenvalue weighted by Crippen LogP contribution is -2.64. The summed E-state index contributed by atoms with van der Waals surface area (Å²) in [4.78, 5) is 27.1. The Morgan fingerprint density at radius 3 is 2.32 bits per heavy atom. The minimum Gasteiger partial charge on any atom is -0.457 e. The van der Waals surface area contributed by atoms with E-state index in [1.54, 1.807) is 0 Å². The SMILES string of the molecule is C=CCOC(=O)/C(=C(/C)OS(C)(=O)=O)N1C(=O)[C@H]([C@@H](C)O[Si](C)(C)C(C)(C)C)[C@H]1SC. The highest BCUT2D eigenvalue weighted by molar-refractivity contribution is 7.99. The second kappa shape index (κ2) is 10.1. The molecular formula is C20H35NO7S2Si. The molecule has 0 aromatic carbocycles. The first-order chi connectivity index (χ1) is 14.0. The van der Waals surface area contributed by atoms with E-state index in [4.69, 9.17) is 13.3 Å². The summed E-state index contributed by atoms with van der Waals surface area (Å²) in [5, 5.41) is -0.459. The third-order valence-electron chi connectivity index (χ3n) is 5.49. The van der Waals surface area contributed by atoms with Crippen molar-refractivity contribution in [2.45, 2.75) is 64.2 Å². The number of allylic oxidation sites excluding steroid dienone is 1. The highest BCUT2D eigenvalue weighted by atomic mass is 32.2. The highest BCUT2D eigenvalue weighted by Crippen LogP contribution is 2.44. The fourth-order valence-corrected chi connectivity index (χ4v) is 6.02. The Balaban J connectivity index is 3.29. The number of ether oxygens (including phenoxy) is 1. The second-order valence-corrected chi connectivity index (χ2v) is 16.3. The van der Waals surface area contributed by atoms with Gasteiger partial charge in [-0.15, -0.1) is 11.8 Å². The van der Waals surface area contributed by atoms with Gasteiger partial charge in [0.05, 0.1) is 23.7 Å². The van der Waals surface area contributed by atoms with Crippen LogP contribution in [0.2, 0.25) is 18.1 Å². The number of hydrogen-bond donors (Lipinski definition) is 0. The minimum atomic E-state index is -3.90. The summed E-state index contributed by atoms with van der Waals surface area (Å²) in [5.74, 6) is -1.91. The van der Waals surface area contributed by atoms with Crippen LogP contribution in [0.15, 0.2) is 24.1 Å². The lowest BCUT2D eigenvalue weighted by molar-refractivity contribution is -0.158. The van der Waals surface area contributed by atoms with Crippen LogP contribution < -0.4 is 0 Å². The summed E-state index contributed by atoms with van der Waals surface area (Å²) in [5.41, 5.74) is -0.229. The van der Waals surface area contributed by atoms with Gasteiger partial charge in [0.15, 0.2) is 14.0 Å². The fraction of sp³-hybridized carbons (Fsp3) is 0.700. The molecule has 0 spiro atoms. The van der Waals surface area contributed by atoms with Crippen LogP contribution in [0.25, 0.3) is 0 Å². The molecule has 0 bridgehead atoms. The third-order valence-corrected chi connectivity index (χ3v) is 11.6. The topological polar surface area (TPSA) is 99.2 Å². The zero-order valence-corrected chi connectivity index (χ0v) is 22.5. The molecule has 1 rings (SSSR count). The van der Waals surface area contributed by atoms with Gasteiger partial charge >= 0.3 is 16.1 Å². The summed E-state index contributed by atoms with van der Waals surface area (Å²) in [7, 11) is -6.03. The summed E-state index contributed by atoms with van der Waals surface area (Å²) >= 11 is 1.37. The number of rotatable bonds is 10. The molecule has 11 heteroatoms. The van der Waals surface area contributed by atoms with Crippen LogP contribution in [-0.4, -0.2) is 64.1 Å². The molecule has 1 amide bonds. The van der Waals surface area contributed by atoms with Gasteiger partial charge < -0.3 is 13.3 Å². The molecule has 178 valence electrons. The van der Waals surface area contributed by atoms with Crippen LogP contribution in [0.1, 0.15) is 34.6 Å². The molecule has 0 saturated carbocycles. The largest absolute Gasteiger partial charge is 0.457 e. The van der Waals surface area contributed by atoms with Gasteiger partial charge in [0.25, 0.3) is 0 Å². The molecule has 1 heterocycles. The number of likely N-dealkylation sites (tertiary alicyclic amines) is 1. The monoisotopic (exact) mass is 493 g/mol. The predicted molar refractivity (Wildman–Crippen MR) is 125 cm³/mol. The van der Waals surface area contributed by atoms with Crippen molar-refractivity contribution >= 4 is 42.1 Å². The van der Waals surface area contributed by atoms with E-state index in [0.717, 1.165) is 6.26 Å². The van der Waals surface area contributed by atoms with Gasteiger partial charge in [0, 0.05) is 0 Å². The zero-order valence-electron chi connectivity index (χ0n) is 19.8.